The van der Waals surface area contributed by atoms with Crippen molar-refractivity contribution in [2.45, 2.75) is 30.4 Å². The van der Waals surface area contributed by atoms with E-state index in [1.165, 1.54) is 45.2 Å². The molecule has 3 N–H and O–H groups in total. The Hall–Kier alpha value is -3.99. The number of carbonyl (C=O) groups is 4. The number of amides is 3. The van der Waals surface area contributed by atoms with Gasteiger partial charge in [-0.15, -0.1) is 16.9 Å². The van der Waals surface area contributed by atoms with Gasteiger partial charge in [-0.25, -0.2) is 14.5 Å². The fourth-order valence-electron chi connectivity index (χ4n) is 3.66. The number of fused-ring (bicyclic) bond motifs is 1. The van der Waals surface area contributed by atoms with Crippen molar-refractivity contribution in [3.63, 3.8) is 0 Å². The highest BCUT2D eigenvalue weighted by atomic mass is 32.2. The van der Waals surface area contributed by atoms with E-state index in [1.807, 2.05) is 13.8 Å². The second-order valence-electron chi connectivity index (χ2n) is 8.79. The molecule has 0 spiro atoms. The highest BCUT2D eigenvalue weighted by Crippen LogP contribution is 2.41. The lowest BCUT2D eigenvalue weighted by Gasteiger charge is -2.49. The van der Waals surface area contributed by atoms with Crippen LogP contribution in [0.5, 0.6) is 0 Å². The molecule has 0 bridgehead atoms. The van der Waals surface area contributed by atoms with Crippen LogP contribution in [0.3, 0.4) is 0 Å². The van der Waals surface area contributed by atoms with Crippen LogP contribution in [0.15, 0.2) is 39.8 Å². The summed E-state index contributed by atoms with van der Waals surface area (Å²) in [5, 5.41) is 30.0. The number of aryl methyl sites for hydroxylation is 1. The summed E-state index contributed by atoms with van der Waals surface area (Å²) in [7, 11) is 1.67. The van der Waals surface area contributed by atoms with Gasteiger partial charge in [-0.2, -0.15) is 0 Å². The predicted molar refractivity (Wildman–Crippen MR) is 140 cm³/mol. The SMILES string of the molecule is CC(C)CON=C(C(=O)NC1C(=O)N2C(C(=O)O)=C(CSc3nnnn3C)CS[C@H]12)c1cccc(NC=O)n1. The Kier molecular flexibility index (Phi) is 8.80. The van der Waals surface area contributed by atoms with Gasteiger partial charge in [0.05, 0.1) is 0 Å². The molecule has 2 aliphatic heterocycles. The zero-order chi connectivity index (χ0) is 28.1. The Morgan fingerprint density at radius 2 is 2.18 bits per heavy atom. The minimum absolute atomic E-state index is 0.111. The normalized spacial score (nSPS) is 18.9. The first kappa shape index (κ1) is 28.0. The summed E-state index contributed by atoms with van der Waals surface area (Å²) >= 11 is 2.60. The van der Waals surface area contributed by atoms with E-state index in [9.17, 15) is 24.3 Å². The standard InChI is InChI=1S/C22H25N9O6S2/c1-11(2)7-37-27-15(13-5-4-6-14(24-13)23-10-32)18(33)25-16-19(34)31-17(21(35)36)12(8-38-20(16)31)9-39-22-26-28-29-30(22)3/h4-6,10-11,16,20H,7-9H2,1-3H3,(H,25,33)(H,35,36)(H,23,24,32)/t16?,20-/m1/s1. The number of nitrogens with zero attached hydrogens (tertiary/aromatic N) is 7. The molecule has 4 rings (SSSR count). The van der Waals surface area contributed by atoms with E-state index < -0.39 is 29.2 Å². The largest absolute Gasteiger partial charge is 0.477 e. The number of carboxylic acid groups (broad SMARTS) is 1. The molecule has 0 aliphatic carbocycles. The molecule has 39 heavy (non-hydrogen) atoms. The van der Waals surface area contributed by atoms with Gasteiger partial charge in [0, 0.05) is 18.6 Å². The van der Waals surface area contributed by atoms with Crippen LogP contribution in [-0.4, -0.2) is 94.6 Å². The molecule has 2 aromatic rings. The first-order valence-electron chi connectivity index (χ1n) is 11.6. The van der Waals surface area contributed by atoms with Crippen LogP contribution < -0.4 is 10.6 Å². The van der Waals surface area contributed by atoms with Crippen molar-refractivity contribution in [1.29, 1.82) is 0 Å². The van der Waals surface area contributed by atoms with Crippen LogP contribution in [0.25, 0.3) is 0 Å². The van der Waals surface area contributed by atoms with E-state index in [2.05, 4.69) is 36.3 Å². The number of thioether (sulfide) groups is 2. The predicted octanol–water partition coefficient (Wildman–Crippen LogP) is 0.0810. The van der Waals surface area contributed by atoms with Crippen molar-refractivity contribution >= 4 is 59.2 Å². The van der Waals surface area contributed by atoms with Gasteiger partial charge in [0.15, 0.2) is 5.71 Å². The fraction of sp³-hybridized carbons (Fsp3) is 0.409. The number of carbonyl (C=O) groups excluding carboxylic acids is 3. The van der Waals surface area contributed by atoms with E-state index in [0.717, 1.165) is 0 Å². The zero-order valence-electron chi connectivity index (χ0n) is 21.1. The first-order valence-corrected chi connectivity index (χ1v) is 13.7. The van der Waals surface area contributed by atoms with E-state index in [0.29, 0.717) is 22.9 Å². The highest BCUT2D eigenvalue weighted by Gasteiger charge is 2.54. The molecular weight excluding hydrogens is 550 g/mol. The third-order valence-corrected chi connectivity index (χ3v) is 7.91. The average molecular weight is 576 g/mol. The second-order valence-corrected chi connectivity index (χ2v) is 10.8. The molecule has 17 heteroatoms. The Bertz CT molecular complexity index is 1340. The molecule has 1 unspecified atom stereocenters. The number of nitrogens with one attached hydrogen (secondary N) is 2. The maximum atomic E-state index is 13.3. The number of tetrazole rings is 1. The Morgan fingerprint density at radius 1 is 1.38 bits per heavy atom. The molecule has 4 heterocycles. The average Bonchev–Trinajstić information content (AvgIpc) is 3.32. The van der Waals surface area contributed by atoms with Crippen molar-refractivity contribution in [2.24, 2.45) is 18.1 Å². The minimum atomic E-state index is -1.24. The first-order chi connectivity index (χ1) is 18.7. The number of pyridine rings is 1. The summed E-state index contributed by atoms with van der Waals surface area (Å²) < 4.78 is 1.47. The van der Waals surface area contributed by atoms with Gasteiger partial charge in [-0.3, -0.25) is 19.3 Å². The molecule has 0 radical (unpaired) electrons. The maximum Gasteiger partial charge on any atom is 0.352 e. The van der Waals surface area contributed by atoms with E-state index in [-0.39, 0.29) is 41.2 Å². The zero-order valence-corrected chi connectivity index (χ0v) is 22.7. The van der Waals surface area contributed by atoms with Crippen molar-refractivity contribution in [3.8, 4) is 0 Å². The fourth-order valence-corrected chi connectivity index (χ4v) is 6.00. The number of anilines is 1. The van der Waals surface area contributed by atoms with Gasteiger partial charge in [0.2, 0.25) is 11.6 Å². The lowest BCUT2D eigenvalue weighted by Crippen LogP contribution is -2.71. The van der Waals surface area contributed by atoms with Crippen LogP contribution in [0, 0.1) is 5.92 Å². The molecular formula is C22H25N9O6S2. The van der Waals surface area contributed by atoms with Crippen molar-refractivity contribution < 1.29 is 29.1 Å². The summed E-state index contributed by atoms with van der Waals surface area (Å²) in [5.74, 6) is -1.60. The van der Waals surface area contributed by atoms with Gasteiger partial charge in [0.25, 0.3) is 11.8 Å². The van der Waals surface area contributed by atoms with E-state index in [1.54, 1.807) is 13.1 Å². The third-order valence-electron chi connectivity index (χ3n) is 5.47. The van der Waals surface area contributed by atoms with E-state index in [4.69, 9.17) is 4.84 Å². The molecule has 0 saturated carbocycles. The third kappa shape index (κ3) is 6.19. The van der Waals surface area contributed by atoms with Crippen LogP contribution in [0.1, 0.15) is 19.5 Å². The smallest absolute Gasteiger partial charge is 0.352 e. The molecule has 2 aliphatic rings. The number of aromatic nitrogens is 5. The molecule has 2 aromatic heterocycles. The number of hydrogen-bond acceptors (Lipinski definition) is 12. The van der Waals surface area contributed by atoms with Gasteiger partial charge >= 0.3 is 5.97 Å². The molecule has 1 fully saturated rings. The summed E-state index contributed by atoms with van der Waals surface area (Å²) in [5.41, 5.74) is 0.357. The number of β-lactam (4-membered cyclic amide) rings is 1. The summed E-state index contributed by atoms with van der Waals surface area (Å²) in [6.45, 7) is 4.05. The number of carboxylic acids is 1. The lowest BCUT2D eigenvalue weighted by atomic mass is 10.0. The summed E-state index contributed by atoms with van der Waals surface area (Å²) in [6, 6.07) is 3.64. The second kappa shape index (κ2) is 12.2. The lowest BCUT2D eigenvalue weighted by molar-refractivity contribution is -0.150. The topological polar surface area (TPSA) is 194 Å². The van der Waals surface area contributed by atoms with Gasteiger partial charge in [-0.05, 0) is 34.1 Å². The van der Waals surface area contributed by atoms with Crippen molar-refractivity contribution in [2.75, 3.05) is 23.4 Å². The number of hydrogen-bond donors (Lipinski definition) is 3. The molecule has 15 nitrogen and oxygen atoms in total. The van der Waals surface area contributed by atoms with E-state index >= 15 is 0 Å². The number of oxime groups is 1. The van der Waals surface area contributed by atoms with Gasteiger partial charge in [0.1, 0.15) is 35.2 Å². The van der Waals surface area contributed by atoms with Crippen molar-refractivity contribution in [1.82, 2.24) is 35.4 Å². The summed E-state index contributed by atoms with van der Waals surface area (Å²) in [6.07, 6.45) is 0.449. The van der Waals surface area contributed by atoms with Gasteiger partial charge < -0.3 is 20.6 Å². The van der Waals surface area contributed by atoms with Crippen LogP contribution >= 0.6 is 23.5 Å². The molecule has 2 atom stereocenters. The quantitative estimate of drug-likeness (QED) is 0.102. The Balaban J connectivity index is 1.52. The molecule has 206 valence electrons. The van der Waals surface area contributed by atoms with Crippen molar-refractivity contribution in [3.05, 3.63) is 35.2 Å². The van der Waals surface area contributed by atoms with Gasteiger partial charge in [-0.1, -0.05) is 36.8 Å². The molecule has 1 saturated heterocycles. The minimum Gasteiger partial charge on any atom is -0.477 e. The van der Waals surface area contributed by atoms with Crippen LogP contribution in [-0.2, 0) is 31.1 Å². The van der Waals surface area contributed by atoms with Crippen LogP contribution in [0.2, 0.25) is 0 Å². The number of aliphatic carboxylic acids is 1. The maximum absolute atomic E-state index is 13.3. The highest BCUT2D eigenvalue weighted by molar-refractivity contribution is 8.01. The Labute approximate surface area is 230 Å². The van der Waals surface area contributed by atoms with Crippen LogP contribution in [0.4, 0.5) is 5.82 Å². The Morgan fingerprint density at radius 3 is 2.85 bits per heavy atom. The summed E-state index contributed by atoms with van der Waals surface area (Å²) in [4.78, 5) is 60.0. The monoisotopic (exact) mass is 575 g/mol. The molecule has 3 amide bonds. The number of rotatable bonds is 12. The molecule has 0 aromatic carbocycles.